The Labute approximate surface area is 120 Å². The van der Waals surface area contributed by atoms with Crippen LogP contribution in [0.5, 0.6) is 0 Å². The summed E-state index contributed by atoms with van der Waals surface area (Å²) in [6.07, 6.45) is 0. The number of nitrogens with one attached hydrogen (secondary N) is 2. The van der Waals surface area contributed by atoms with Crippen LogP contribution in [0.1, 0.15) is 19.4 Å². The maximum Gasteiger partial charge on any atom is 0.319 e. The van der Waals surface area contributed by atoms with Crippen LogP contribution >= 0.6 is 15.9 Å². The maximum atomic E-state index is 11.8. The predicted octanol–water partition coefficient (Wildman–Crippen LogP) is 2.99. The number of carboxylic acids is 1. The van der Waals surface area contributed by atoms with E-state index in [9.17, 15) is 9.59 Å². The van der Waals surface area contributed by atoms with Gasteiger partial charge in [-0.05, 0) is 44.5 Å². The Balaban J connectivity index is 2.63. The number of halogens is 1. The minimum absolute atomic E-state index is 0.411. The summed E-state index contributed by atoms with van der Waals surface area (Å²) in [6, 6.07) is 4.63. The molecule has 1 aromatic rings. The zero-order valence-corrected chi connectivity index (χ0v) is 12.6. The molecule has 0 aliphatic carbocycles. The Morgan fingerprint density at radius 2 is 1.95 bits per heavy atom. The highest BCUT2D eigenvalue weighted by molar-refractivity contribution is 9.10. The smallest absolute Gasteiger partial charge is 0.319 e. The molecular weight excluding hydrogens is 312 g/mol. The molecule has 0 aromatic heterocycles. The molecule has 2 atom stereocenters. The third-order valence-electron chi connectivity index (χ3n) is 2.93. The molecule has 0 saturated carbocycles. The van der Waals surface area contributed by atoms with Crippen LogP contribution in [0.3, 0.4) is 0 Å². The number of anilines is 1. The van der Waals surface area contributed by atoms with E-state index in [-0.39, 0.29) is 0 Å². The van der Waals surface area contributed by atoms with Gasteiger partial charge in [0.15, 0.2) is 0 Å². The lowest BCUT2D eigenvalue weighted by Crippen LogP contribution is -2.42. The van der Waals surface area contributed by atoms with E-state index in [1.165, 1.54) is 0 Å². The SMILES string of the molecule is Cc1cc(Br)ccc1NC(=O)NC(C)C(C)C(=O)O. The van der Waals surface area contributed by atoms with Crippen LogP contribution in [-0.4, -0.2) is 23.1 Å². The van der Waals surface area contributed by atoms with Crippen molar-refractivity contribution in [1.82, 2.24) is 5.32 Å². The zero-order valence-electron chi connectivity index (χ0n) is 11.0. The van der Waals surface area contributed by atoms with Crippen LogP contribution in [0.15, 0.2) is 22.7 Å². The molecule has 5 nitrogen and oxygen atoms in total. The molecule has 1 aromatic carbocycles. The number of carbonyl (C=O) groups is 2. The van der Waals surface area contributed by atoms with Gasteiger partial charge in [0.05, 0.1) is 5.92 Å². The summed E-state index contributed by atoms with van der Waals surface area (Å²) in [5, 5.41) is 14.2. The molecule has 0 bridgehead atoms. The van der Waals surface area contributed by atoms with Crippen molar-refractivity contribution in [3.8, 4) is 0 Å². The number of amides is 2. The van der Waals surface area contributed by atoms with Crippen molar-refractivity contribution >= 4 is 33.6 Å². The lowest BCUT2D eigenvalue weighted by Gasteiger charge is -2.18. The molecule has 6 heteroatoms. The highest BCUT2D eigenvalue weighted by Crippen LogP contribution is 2.19. The molecule has 0 aliphatic heterocycles. The van der Waals surface area contributed by atoms with Gasteiger partial charge in [-0.3, -0.25) is 4.79 Å². The van der Waals surface area contributed by atoms with E-state index < -0.39 is 24.0 Å². The second-order valence-electron chi connectivity index (χ2n) is 4.47. The molecule has 0 saturated heterocycles. The first-order valence-electron chi connectivity index (χ1n) is 5.87. The monoisotopic (exact) mass is 328 g/mol. The van der Waals surface area contributed by atoms with E-state index in [1.807, 2.05) is 19.1 Å². The van der Waals surface area contributed by atoms with E-state index >= 15 is 0 Å². The van der Waals surface area contributed by atoms with Crippen LogP contribution in [0.2, 0.25) is 0 Å². The number of aliphatic carboxylic acids is 1. The molecule has 0 aliphatic rings. The topological polar surface area (TPSA) is 78.4 Å². The molecule has 0 radical (unpaired) electrons. The van der Waals surface area contributed by atoms with Crippen molar-refractivity contribution in [3.63, 3.8) is 0 Å². The van der Waals surface area contributed by atoms with Gasteiger partial charge >= 0.3 is 12.0 Å². The van der Waals surface area contributed by atoms with Gasteiger partial charge in [-0.2, -0.15) is 0 Å². The number of rotatable bonds is 4. The summed E-state index contributed by atoms with van der Waals surface area (Å²) in [5.74, 6) is -1.58. The first kappa shape index (κ1) is 15.5. The lowest BCUT2D eigenvalue weighted by atomic mass is 10.0. The fourth-order valence-corrected chi connectivity index (χ4v) is 1.95. The minimum Gasteiger partial charge on any atom is -0.481 e. The van der Waals surface area contributed by atoms with Crippen LogP contribution in [0, 0.1) is 12.8 Å². The third-order valence-corrected chi connectivity index (χ3v) is 3.43. The van der Waals surface area contributed by atoms with Gasteiger partial charge < -0.3 is 15.7 Å². The van der Waals surface area contributed by atoms with E-state index in [2.05, 4.69) is 26.6 Å². The molecule has 104 valence electrons. The predicted molar refractivity (Wildman–Crippen MR) is 77.3 cm³/mol. The molecule has 0 fully saturated rings. The van der Waals surface area contributed by atoms with Gasteiger partial charge in [0, 0.05) is 16.2 Å². The van der Waals surface area contributed by atoms with Crippen LogP contribution in [0.4, 0.5) is 10.5 Å². The average Bonchev–Trinajstić information content (AvgIpc) is 2.31. The maximum absolute atomic E-state index is 11.8. The number of hydrogen-bond acceptors (Lipinski definition) is 2. The Morgan fingerprint density at radius 3 is 2.47 bits per heavy atom. The van der Waals surface area contributed by atoms with Crippen LogP contribution in [-0.2, 0) is 4.79 Å². The molecule has 2 unspecified atom stereocenters. The Morgan fingerprint density at radius 1 is 1.32 bits per heavy atom. The van der Waals surface area contributed by atoms with Crippen molar-refractivity contribution in [1.29, 1.82) is 0 Å². The first-order chi connectivity index (χ1) is 8.81. The fraction of sp³-hybridized carbons (Fsp3) is 0.385. The second-order valence-corrected chi connectivity index (χ2v) is 5.39. The second kappa shape index (κ2) is 6.56. The summed E-state index contributed by atoms with van der Waals surface area (Å²) in [7, 11) is 0. The largest absolute Gasteiger partial charge is 0.481 e. The number of carboxylic acid groups (broad SMARTS) is 1. The number of hydrogen-bond donors (Lipinski definition) is 3. The Kier molecular flexibility index (Phi) is 5.35. The molecule has 0 spiro atoms. The van der Waals surface area contributed by atoms with E-state index in [4.69, 9.17) is 5.11 Å². The van der Waals surface area contributed by atoms with Gasteiger partial charge in [-0.15, -0.1) is 0 Å². The van der Waals surface area contributed by atoms with E-state index in [1.54, 1.807) is 19.9 Å². The van der Waals surface area contributed by atoms with E-state index in [0.717, 1.165) is 10.0 Å². The molecule has 2 amide bonds. The zero-order chi connectivity index (χ0) is 14.6. The summed E-state index contributed by atoms with van der Waals surface area (Å²) in [4.78, 5) is 22.6. The molecule has 0 heterocycles. The number of aryl methyl sites for hydroxylation is 1. The van der Waals surface area contributed by atoms with Crippen molar-refractivity contribution in [2.24, 2.45) is 5.92 Å². The van der Waals surface area contributed by atoms with Crippen molar-refractivity contribution in [2.75, 3.05) is 5.32 Å². The molecule has 1 rings (SSSR count). The van der Waals surface area contributed by atoms with Gasteiger partial charge in [0.25, 0.3) is 0 Å². The highest BCUT2D eigenvalue weighted by atomic mass is 79.9. The first-order valence-corrected chi connectivity index (χ1v) is 6.67. The van der Waals surface area contributed by atoms with Gasteiger partial charge in [0.2, 0.25) is 0 Å². The summed E-state index contributed by atoms with van der Waals surface area (Å²) in [5.41, 5.74) is 1.61. The number of urea groups is 1. The average molecular weight is 329 g/mol. The Hall–Kier alpha value is -1.56. The summed E-state index contributed by atoms with van der Waals surface area (Å²) < 4.78 is 0.934. The van der Waals surface area contributed by atoms with Crippen molar-refractivity contribution < 1.29 is 14.7 Å². The number of benzene rings is 1. The van der Waals surface area contributed by atoms with Gasteiger partial charge in [0.1, 0.15) is 0 Å². The lowest BCUT2D eigenvalue weighted by molar-refractivity contribution is -0.141. The number of carbonyl (C=O) groups excluding carboxylic acids is 1. The van der Waals surface area contributed by atoms with Crippen molar-refractivity contribution in [3.05, 3.63) is 28.2 Å². The normalized spacial score (nSPS) is 13.5. The highest BCUT2D eigenvalue weighted by Gasteiger charge is 2.21. The van der Waals surface area contributed by atoms with Gasteiger partial charge in [-0.25, -0.2) is 4.79 Å². The fourth-order valence-electron chi connectivity index (χ4n) is 1.47. The summed E-state index contributed by atoms with van der Waals surface area (Å²) >= 11 is 3.34. The van der Waals surface area contributed by atoms with Crippen molar-refractivity contribution in [2.45, 2.75) is 26.8 Å². The third kappa shape index (κ3) is 4.55. The molecular formula is C13H17BrN2O3. The molecule has 3 N–H and O–H groups in total. The Bertz CT molecular complexity index is 491. The molecule has 19 heavy (non-hydrogen) atoms. The van der Waals surface area contributed by atoms with Crippen LogP contribution in [0.25, 0.3) is 0 Å². The summed E-state index contributed by atoms with van der Waals surface area (Å²) in [6.45, 7) is 5.09. The quantitative estimate of drug-likeness (QED) is 0.795. The minimum atomic E-state index is -0.937. The van der Waals surface area contributed by atoms with Crippen LogP contribution < -0.4 is 10.6 Å². The van der Waals surface area contributed by atoms with Gasteiger partial charge in [-0.1, -0.05) is 15.9 Å². The standard InChI is InChI=1S/C13H17BrN2O3/c1-7-6-10(14)4-5-11(7)16-13(19)15-9(3)8(2)12(17)18/h4-6,8-9H,1-3H3,(H,17,18)(H2,15,16,19). The van der Waals surface area contributed by atoms with E-state index in [0.29, 0.717) is 5.69 Å².